The minimum absolute atomic E-state index is 0. The fourth-order valence-corrected chi connectivity index (χ4v) is 3.88. The van der Waals surface area contributed by atoms with E-state index in [1.54, 1.807) is 12.1 Å². The molecule has 2 saturated heterocycles. The molecule has 3 nitrogen and oxygen atoms in total. The summed E-state index contributed by atoms with van der Waals surface area (Å²) in [7, 11) is 0. The van der Waals surface area contributed by atoms with Gasteiger partial charge in [0.1, 0.15) is 0 Å². The second-order valence-corrected chi connectivity index (χ2v) is 6.89. The molecule has 1 aromatic carbocycles. The lowest BCUT2D eigenvalue weighted by Crippen LogP contribution is -2.34. The minimum Gasteiger partial charge on any atom is -0.342 e. The number of carbonyl (C=O) groups is 1. The van der Waals surface area contributed by atoms with Crippen molar-refractivity contribution < 1.29 is 4.79 Å². The molecule has 2 fully saturated rings. The Morgan fingerprint density at radius 3 is 2.41 bits per heavy atom. The van der Waals surface area contributed by atoms with Crippen molar-refractivity contribution in [1.29, 1.82) is 0 Å². The Morgan fingerprint density at radius 2 is 1.82 bits per heavy atom. The van der Waals surface area contributed by atoms with Crippen molar-refractivity contribution >= 4 is 41.5 Å². The van der Waals surface area contributed by atoms with E-state index in [0.717, 1.165) is 56.4 Å². The fraction of sp³-hybridized carbons (Fsp3) is 0.562. The van der Waals surface area contributed by atoms with Gasteiger partial charge in [0.25, 0.3) is 0 Å². The Bertz CT molecular complexity index is 524. The molecule has 0 radical (unpaired) electrons. The van der Waals surface area contributed by atoms with Crippen LogP contribution in [0.15, 0.2) is 18.2 Å². The number of nitrogens with one attached hydrogen (secondary N) is 1. The van der Waals surface area contributed by atoms with E-state index in [1.165, 1.54) is 0 Å². The largest absolute Gasteiger partial charge is 0.342 e. The number of amides is 1. The standard InChI is InChI=1S/C16H20Cl2N2O.ClH/c17-14-2-1-11(15(18)8-14)7-16(21)20-5-3-12-9-19-10-13(12)4-6-20;/h1-2,8,12-13,19H,3-7,9-10H2;1H/t12-,13+;. The van der Waals surface area contributed by atoms with Crippen LogP contribution in [0, 0.1) is 11.8 Å². The first kappa shape index (κ1) is 17.9. The average Bonchev–Trinajstić information content (AvgIpc) is 2.80. The summed E-state index contributed by atoms with van der Waals surface area (Å²) < 4.78 is 0. The third-order valence-corrected chi connectivity index (χ3v) is 5.32. The predicted molar refractivity (Wildman–Crippen MR) is 93.1 cm³/mol. The molecular weight excluding hydrogens is 343 g/mol. The topological polar surface area (TPSA) is 32.3 Å². The Labute approximate surface area is 147 Å². The van der Waals surface area contributed by atoms with Crippen molar-refractivity contribution in [3.63, 3.8) is 0 Å². The molecule has 6 heteroatoms. The van der Waals surface area contributed by atoms with Crippen LogP contribution < -0.4 is 5.32 Å². The Morgan fingerprint density at radius 1 is 1.18 bits per heavy atom. The second kappa shape index (κ2) is 7.87. The summed E-state index contributed by atoms with van der Waals surface area (Å²) >= 11 is 12.1. The predicted octanol–water partition coefficient (Wildman–Crippen LogP) is 3.42. The van der Waals surface area contributed by atoms with Crippen LogP contribution in [-0.2, 0) is 11.2 Å². The summed E-state index contributed by atoms with van der Waals surface area (Å²) in [6, 6.07) is 5.33. The number of halogens is 3. The zero-order valence-corrected chi connectivity index (χ0v) is 14.7. The number of rotatable bonds is 2. The van der Waals surface area contributed by atoms with Gasteiger partial charge in [-0.1, -0.05) is 29.3 Å². The molecule has 2 aliphatic rings. The quantitative estimate of drug-likeness (QED) is 0.873. The number of nitrogens with zero attached hydrogens (tertiary/aromatic N) is 1. The highest BCUT2D eigenvalue weighted by atomic mass is 35.5. The van der Waals surface area contributed by atoms with Crippen molar-refractivity contribution in [2.75, 3.05) is 26.2 Å². The van der Waals surface area contributed by atoms with Gasteiger partial charge in [-0.25, -0.2) is 0 Å². The number of likely N-dealkylation sites (tertiary alicyclic amines) is 1. The zero-order chi connectivity index (χ0) is 14.8. The summed E-state index contributed by atoms with van der Waals surface area (Å²) in [5.74, 6) is 1.65. The van der Waals surface area contributed by atoms with Gasteiger partial charge in [0, 0.05) is 23.1 Å². The lowest BCUT2D eigenvalue weighted by molar-refractivity contribution is -0.130. The molecule has 3 rings (SSSR count). The summed E-state index contributed by atoms with van der Waals surface area (Å²) in [5.41, 5.74) is 0.858. The van der Waals surface area contributed by atoms with Crippen molar-refractivity contribution in [1.82, 2.24) is 10.2 Å². The van der Waals surface area contributed by atoms with Crippen LogP contribution in [0.5, 0.6) is 0 Å². The molecule has 22 heavy (non-hydrogen) atoms. The zero-order valence-electron chi connectivity index (χ0n) is 12.4. The van der Waals surface area contributed by atoms with E-state index < -0.39 is 0 Å². The third-order valence-electron chi connectivity index (χ3n) is 4.73. The second-order valence-electron chi connectivity index (χ2n) is 6.05. The van der Waals surface area contributed by atoms with Crippen molar-refractivity contribution in [3.8, 4) is 0 Å². The van der Waals surface area contributed by atoms with Gasteiger partial charge in [-0.15, -0.1) is 12.4 Å². The van der Waals surface area contributed by atoms with E-state index in [9.17, 15) is 4.79 Å². The molecule has 1 aromatic rings. The Kier molecular flexibility index (Phi) is 6.39. The SMILES string of the molecule is Cl.O=C(Cc1ccc(Cl)cc1Cl)N1CC[C@@H]2CNC[C@@H]2CC1. The van der Waals surface area contributed by atoms with Gasteiger partial charge in [-0.3, -0.25) is 4.79 Å². The molecule has 0 aromatic heterocycles. The number of fused-ring (bicyclic) bond motifs is 1. The summed E-state index contributed by atoms with van der Waals surface area (Å²) in [4.78, 5) is 14.5. The van der Waals surface area contributed by atoms with Crippen molar-refractivity contribution in [3.05, 3.63) is 33.8 Å². The van der Waals surface area contributed by atoms with E-state index in [1.807, 2.05) is 11.0 Å². The van der Waals surface area contributed by atoms with E-state index in [0.29, 0.717) is 16.5 Å². The molecule has 2 heterocycles. The van der Waals surface area contributed by atoms with Gasteiger partial charge in [0.2, 0.25) is 5.91 Å². The van der Waals surface area contributed by atoms with E-state index in [2.05, 4.69) is 5.32 Å². The molecular formula is C16H21Cl3N2O. The number of benzene rings is 1. The molecule has 0 unspecified atom stereocenters. The Hall–Kier alpha value is -0.480. The van der Waals surface area contributed by atoms with Gasteiger partial charge >= 0.3 is 0 Å². The van der Waals surface area contributed by atoms with Crippen LogP contribution in [0.1, 0.15) is 18.4 Å². The fourth-order valence-electron chi connectivity index (χ4n) is 3.41. The number of carbonyl (C=O) groups excluding carboxylic acids is 1. The number of hydrogen-bond donors (Lipinski definition) is 1. The van der Waals surface area contributed by atoms with Gasteiger partial charge in [-0.05, 0) is 55.5 Å². The van der Waals surface area contributed by atoms with Crippen LogP contribution in [0.4, 0.5) is 0 Å². The van der Waals surface area contributed by atoms with Crippen LogP contribution in [0.2, 0.25) is 10.0 Å². The monoisotopic (exact) mass is 362 g/mol. The minimum atomic E-state index is 0. The van der Waals surface area contributed by atoms with Crippen molar-refractivity contribution in [2.24, 2.45) is 11.8 Å². The van der Waals surface area contributed by atoms with Crippen LogP contribution >= 0.6 is 35.6 Å². The molecule has 0 aliphatic carbocycles. The van der Waals surface area contributed by atoms with Crippen LogP contribution in [-0.4, -0.2) is 37.0 Å². The van der Waals surface area contributed by atoms with Gasteiger partial charge in [0.05, 0.1) is 6.42 Å². The van der Waals surface area contributed by atoms with Crippen LogP contribution in [0.25, 0.3) is 0 Å². The molecule has 0 saturated carbocycles. The first-order valence-electron chi connectivity index (χ1n) is 7.56. The first-order chi connectivity index (χ1) is 10.1. The third kappa shape index (κ3) is 4.08. The highest BCUT2D eigenvalue weighted by Gasteiger charge is 2.31. The molecule has 2 aliphatic heterocycles. The summed E-state index contributed by atoms with van der Waals surface area (Å²) in [6.07, 6.45) is 2.58. The van der Waals surface area contributed by atoms with Gasteiger partial charge in [-0.2, -0.15) is 0 Å². The van der Waals surface area contributed by atoms with Gasteiger partial charge < -0.3 is 10.2 Å². The van der Waals surface area contributed by atoms with E-state index in [-0.39, 0.29) is 18.3 Å². The maximum Gasteiger partial charge on any atom is 0.227 e. The smallest absolute Gasteiger partial charge is 0.227 e. The molecule has 1 N–H and O–H groups in total. The Balaban J connectivity index is 0.00000176. The van der Waals surface area contributed by atoms with Crippen LogP contribution in [0.3, 0.4) is 0 Å². The summed E-state index contributed by atoms with van der Waals surface area (Å²) in [5, 5.41) is 4.63. The maximum absolute atomic E-state index is 12.5. The lowest BCUT2D eigenvalue weighted by Gasteiger charge is -2.21. The summed E-state index contributed by atoms with van der Waals surface area (Å²) in [6.45, 7) is 3.95. The maximum atomic E-state index is 12.5. The lowest BCUT2D eigenvalue weighted by atomic mass is 9.92. The van der Waals surface area contributed by atoms with E-state index >= 15 is 0 Å². The molecule has 0 bridgehead atoms. The normalized spacial score (nSPS) is 24.4. The average molecular weight is 364 g/mol. The van der Waals surface area contributed by atoms with Gasteiger partial charge in [0.15, 0.2) is 0 Å². The first-order valence-corrected chi connectivity index (χ1v) is 8.31. The highest BCUT2D eigenvalue weighted by molar-refractivity contribution is 6.35. The molecule has 122 valence electrons. The number of hydrogen-bond acceptors (Lipinski definition) is 2. The molecule has 2 atom stereocenters. The van der Waals surface area contributed by atoms with E-state index in [4.69, 9.17) is 23.2 Å². The molecule has 1 amide bonds. The molecule has 0 spiro atoms. The highest BCUT2D eigenvalue weighted by Crippen LogP contribution is 2.28. The van der Waals surface area contributed by atoms with Crippen molar-refractivity contribution in [2.45, 2.75) is 19.3 Å².